The summed E-state index contributed by atoms with van der Waals surface area (Å²) < 4.78 is 8.03. The van der Waals surface area contributed by atoms with Crippen LogP contribution in [0.4, 0.5) is 11.5 Å². The second-order valence-corrected chi connectivity index (χ2v) is 7.76. The summed E-state index contributed by atoms with van der Waals surface area (Å²) in [4.78, 5) is 4.75. The van der Waals surface area contributed by atoms with Gasteiger partial charge in [-0.2, -0.15) is 0 Å². The van der Waals surface area contributed by atoms with E-state index in [-0.39, 0.29) is 18.9 Å². The zero-order chi connectivity index (χ0) is 21.0. The van der Waals surface area contributed by atoms with E-state index in [0.29, 0.717) is 28.7 Å². The number of nitrogens with one attached hydrogen (secondary N) is 2. The number of nitrogens with zero attached hydrogens (tertiary/aromatic N) is 4. The topological polar surface area (TPSA) is 121 Å². The molecule has 0 radical (unpaired) electrons. The van der Waals surface area contributed by atoms with Crippen molar-refractivity contribution >= 4 is 28.4 Å². The van der Waals surface area contributed by atoms with Crippen molar-refractivity contribution < 1.29 is 14.3 Å². The minimum atomic E-state index is -0.134. The molecule has 1 aliphatic rings. The number of anilines is 1. The first-order chi connectivity index (χ1) is 13.8. The van der Waals surface area contributed by atoms with Gasteiger partial charge in [-0.25, -0.2) is 9.51 Å². The lowest BCUT2D eigenvalue weighted by Crippen LogP contribution is -2.38. The number of likely N-dealkylation sites (N-methyl/N-ethyl adjacent to an activating group) is 1. The summed E-state index contributed by atoms with van der Waals surface area (Å²) in [7, 11) is 6.40. The van der Waals surface area contributed by atoms with E-state index < -0.39 is 0 Å². The summed E-state index contributed by atoms with van der Waals surface area (Å²) in [5.74, 6) is 0.986. The van der Waals surface area contributed by atoms with Crippen molar-refractivity contribution in [3.05, 3.63) is 48.0 Å². The van der Waals surface area contributed by atoms with Crippen LogP contribution in [-0.4, -0.2) is 78.1 Å². The van der Waals surface area contributed by atoms with Crippen LogP contribution in [0.2, 0.25) is 0 Å². The van der Waals surface area contributed by atoms with Gasteiger partial charge in [0.15, 0.2) is 5.82 Å². The molecule has 2 heterocycles. The molecule has 0 saturated heterocycles. The number of hydrogen-bond donors (Lipinski definition) is 4. The molecule has 1 aliphatic carbocycles. The number of hydrogen-bond acceptors (Lipinski definition) is 7. The van der Waals surface area contributed by atoms with Crippen molar-refractivity contribution in [2.75, 3.05) is 52.8 Å². The quantitative estimate of drug-likeness (QED) is 0.394. The Morgan fingerprint density at radius 2 is 2.10 bits per heavy atom. The van der Waals surface area contributed by atoms with E-state index in [4.69, 9.17) is 26.0 Å². The van der Waals surface area contributed by atoms with E-state index in [1.54, 1.807) is 10.6 Å². The lowest BCUT2D eigenvalue weighted by atomic mass is 10.1. The fourth-order valence-corrected chi connectivity index (χ4v) is 2.80. The summed E-state index contributed by atoms with van der Waals surface area (Å²) in [5, 5.41) is 25.0. The predicted octanol–water partition coefficient (Wildman–Crippen LogP) is 1.29. The second kappa shape index (κ2) is 8.46. The first kappa shape index (κ1) is 20.6. The largest absolute Gasteiger partial charge is 0.489 e. The van der Waals surface area contributed by atoms with Gasteiger partial charge in [-0.05, 0) is 18.2 Å². The maximum atomic E-state index is 8.99. The number of allylic oxidation sites excluding steroid dienone is 2. The summed E-state index contributed by atoms with van der Waals surface area (Å²) in [6.45, 7) is 1.62. The number of aliphatic imine (C=N–C) groups is 1. The highest BCUT2D eigenvalue weighted by atomic mass is 16.5. The van der Waals surface area contributed by atoms with E-state index in [2.05, 4.69) is 31.6 Å². The van der Waals surface area contributed by atoms with Gasteiger partial charge in [-0.15, -0.1) is 5.10 Å². The van der Waals surface area contributed by atoms with Gasteiger partial charge in [0, 0.05) is 12.3 Å². The van der Waals surface area contributed by atoms with E-state index in [1.165, 1.54) is 6.08 Å². The van der Waals surface area contributed by atoms with Crippen molar-refractivity contribution in [3.8, 4) is 0 Å². The van der Waals surface area contributed by atoms with Crippen LogP contribution in [0.5, 0.6) is 0 Å². The number of nitrogens with two attached hydrogens (primary N) is 1. The Labute approximate surface area is 169 Å². The van der Waals surface area contributed by atoms with E-state index in [0.717, 1.165) is 23.1 Å². The summed E-state index contributed by atoms with van der Waals surface area (Å²) >= 11 is 0. The van der Waals surface area contributed by atoms with Crippen LogP contribution in [-0.2, 0) is 4.74 Å². The summed E-state index contributed by atoms with van der Waals surface area (Å²) in [6.07, 6.45) is 4.99. The Kier molecular flexibility index (Phi) is 6.00. The van der Waals surface area contributed by atoms with Crippen LogP contribution in [0.15, 0.2) is 53.0 Å². The average molecular weight is 398 g/mol. The van der Waals surface area contributed by atoms with Gasteiger partial charge >= 0.3 is 0 Å². The Balaban J connectivity index is 1.99. The van der Waals surface area contributed by atoms with Gasteiger partial charge < -0.3 is 25.4 Å². The normalized spacial score (nSPS) is 16.1. The molecule has 0 amide bonds. The molecule has 5 N–H and O–H groups in total. The zero-order valence-electron chi connectivity index (χ0n) is 17.0. The third-order valence-corrected chi connectivity index (χ3v) is 4.30. The average Bonchev–Trinajstić information content (AvgIpc) is 2.99. The predicted molar refractivity (Wildman–Crippen MR) is 115 cm³/mol. The number of aromatic nitrogens is 2. The molecule has 0 aliphatic heterocycles. The summed E-state index contributed by atoms with van der Waals surface area (Å²) in [6, 6.07) is 5.77. The first-order valence-electron chi connectivity index (χ1n) is 9.41. The van der Waals surface area contributed by atoms with Gasteiger partial charge in [-0.3, -0.25) is 5.41 Å². The van der Waals surface area contributed by atoms with Crippen molar-refractivity contribution in [2.45, 2.75) is 0 Å². The van der Waals surface area contributed by atoms with E-state index >= 15 is 0 Å². The van der Waals surface area contributed by atoms with Crippen molar-refractivity contribution in [1.82, 2.24) is 9.61 Å². The zero-order valence-corrected chi connectivity index (χ0v) is 17.0. The molecule has 0 fully saturated rings. The molecular formula is C20H28N7O2+. The SMILES string of the molecule is C[N+](C)(C)CCNc1nn2ccccc2c1/N=C1\C=C(OCCO)C(=N)C=C1N. The first-order valence-corrected chi connectivity index (χ1v) is 9.41. The lowest BCUT2D eigenvalue weighted by molar-refractivity contribution is -0.868. The standard InChI is InChI=1S/C20H28N7O2/c1-27(2,3)9-7-23-20-19(17-6-4-5-8-26(17)25-20)24-16-13-18(29-11-10-28)15(22)12-14(16)21/h4-6,8,12-13,22,28H,7,9-11,21H2,1-3H3,(H,23,25)/q+1/b22-15?,24-16+. The fraction of sp³-hybridized carbons (Fsp3) is 0.350. The Morgan fingerprint density at radius 3 is 2.83 bits per heavy atom. The Morgan fingerprint density at radius 1 is 1.31 bits per heavy atom. The molecule has 0 aromatic carbocycles. The molecule has 0 bridgehead atoms. The van der Waals surface area contributed by atoms with Crippen LogP contribution in [0.25, 0.3) is 5.52 Å². The highest BCUT2D eigenvalue weighted by molar-refractivity contribution is 6.22. The van der Waals surface area contributed by atoms with Crippen LogP contribution in [0.3, 0.4) is 0 Å². The van der Waals surface area contributed by atoms with Crippen LogP contribution >= 0.6 is 0 Å². The number of quaternary nitrogens is 1. The number of aliphatic hydroxyl groups is 1. The van der Waals surface area contributed by atoms with Crippen LogP contribution in [0.1, 0.15) is 0 Å². The molecule has 29 heavy (non-hydrogen) atoms. The van der Waals surface area contributed by atoms with E-state index in [9.17, 15) is 0 Å². The van der Waals surface area contributed by atoms with Crippen molar-refractivity contribution in [2.24, 2.45) is 10.7 Å². The third kappa shape index (κ3) is 5.01. The fourth-order valence-electron chi connectivity index (χ4n) is 2.80. The maximum Gasteiger partial charge on any atom is 0.175 e. The number of aliphatic hydroxyl groups excluding tert-OH is 1. The molecule has 154 valence electrons. The van der Waals surface area contributed by atoms with Gasteiger partial charge in [0.2, 0.25) is 0 Å². The minimum absolute atomic E-state index is 0.101. The minimum Gasteiger partial charge on any atom is -0.489 e. The molecular weight excluding hydrogens is 370 g/mol. The molecule has 0 saturated carbocycles. The smallest absolute Gasteiger partial charge is 0.175 e. The highest BCUT2D eigenvalue weighted by Gasteiger charge is 2.19. The molecule has 0 atom stereocenters. The van der Waals surface area contributed by atoms with Crippen LogP contribution in [0, 0.1) is 5.41 Å². The molecule has 3 rings (SSSR count). The molecule has 0 spiro atoms. The Hall–Kier alpha value is -3.17. The number of rotatable bonds is 8. The molecule has 0 unspecified atom stereocenters. The second-order valence-electron chi connectivity index (χ2n) is 7.76. The third-order valence-electron chi connectivity index (χ3n) is 4.30. The van der Waals surface area contributed by atoms with Crippen molar-refractivity contribution in [1.29, 1.82) is 5.41 Å². The lowest BCUT2D eigenvalue weighted by Gasteiger charge is -2.23. The molecule has 9 nitrogen and oxygen atoms in total. The van der Waals surface area contributed by atoms with Gasteiger partial charge in [0.1, 0.15) is 18.1 Å². The van der Waals surface area contributed by atoms with Gasteiger partial charge in [0.05, 0.1) is 63.5 Å². The number of fused-ring (bicyclic) bond motifs is 1. The van der Waals surface area contributed by atoms with Gasteiger partial charge in [0.25, 0.3) is 0 Å². The van der Waals surface area contributed by atoms with E-state index in [1.807, 2.05) is 24.4 Å². The maximum absolute atomic E-state index is 8.99. The number of pyridine rings is 1. The Bertz CT molecular complexity index is 996. The van der Waals surface area contributed by atoms with Crippen molar-refractivity contribution in [3.63, 3.8) is 0 Å². The molecule has 9 heteroatoms. The number of ether oxygens (including phenoxy) is 1. The van der Waals surface area contributed by atoms with Gasteiger partial charge in [-0.1, -0.05) is 6.07 Å². The monoisotopic (exact) mass is 398 g/mol. The summed E-state index contributed by atoms with van der Waals surface area (Å²) in [5.41, 5.74) is 8.64. The van der Waals surface area contributed by atoms with Crippen LogP contribution < -0.4 is 11.1 Å². The molecule has 2 aromatic heterocycles. The highest BCUT2D eigenvalue weighted by Crippen LogP contribution is 2.31. The molecule has 2 aromatic rings.